The van der Waals surface area contributed by atoms with Crippen LogP contribution in [0.15, 0.2) is 36.5 Å². The Bertz CT molecular complexity index is 781. The summed E-state index contributed by atoms with van der Waals surface area (Å²) in [4.78, 5) is 29.3. The fraction of sp³-hybridized carbons (Fsp3) is 0.278. The van der Waals surface area contributed by atoms with Crippen molar-refractivity contribution >= 4 is 35.1 Å². The number of esters is 1. The number of hydrogen-bond acceptors (Lipinski definition) is 5. The van der Waals surface area contributed by atoms with Crippen molar-refractivity contribution < 1.29 is 19.1 Å². The molecule has 2 aromatic rings. The quantitative estimate of drug-likeness (QED) is 0.528. The van der Waals surface area contributed by atoms with Gasteiger partial charge >= 0.3 is 5.97 Å². The van der Waals surface area contributed by atoms with Crippen LogP contribution in [-0.2, 0) is 16.1 Å². The Morgan fingerprint density at radius 2 is 1.88 bits per heavy atom. The first-order valence-electron chi connectivity index (χ1n) is 7.84. The average molecular weight is 397 g/mol. The summed E-state index contributed by atoms with van der Waals surface area (Å²) in [5, 5.41) is 0.231. The van der Waals surface area contributed by atoms with Crippen LogP contribution in [0.25, 0.3) is 0 Å². The van der Waals surface area contributed by atoms with Crippen molar-refractivity contribution in [2.75, 3.05) is 20.3 Å². The van der Waals surface area contributed by atoms with Crippen molar-refractivity contribution in [3.05, 3.63) is 57.8 Å². The maximum Gasteiger partial charge on any atom is 0.340 e. The predicted octanol–water partition coefficient (Wildman–Crippen LogP) is 3.60. The summed E-state index contributed by atoms with van der Waals surface area (Å²) in [6, 6.07) is 8.78. The Kier molecular flexibility index (Phi) is 7.24. The third-order valence-corrected chi connectivity index (χ3v) is 4.12. The molecule has 0 unspecified atom stereocenters. The number of carbonyl (C=O) groups excluding carboxylic acids is 2. The van der Waals surface area contributed by atoms with Crippen LogP contribution in [-0.4, -0.2) is 42.0 Å². The van der Waals surface area contributed by atoms with Gasteiger partial charge in [0.25, 0.3) is 5.91 Å². The molecule has 8 heteroatoms. The molecule has 0 fully saturated rings. The number of likely N-dealkylation sites (N-methyl/N-ethyl adjacent to an activating group) is 1. The maximum absolute atomic E-state index is 12.1. The molecule has 1 heterocycles. The smallest absolute Gasteiger partial charge is 0.340 e. The molecular formula is C18H18Cl2N2O4. The van der Waals surface area contributed by atoms with E-state index < -0.39 is 5.97 Å². The summed E-state index contributed by atoms with van der Waals surface area (Å²) < 4.78 is 10.4. The molecule has 0 aliphatic heterocycles. The highest BCUT2D eigenvalue weighted by Crippen LogP contribution is 2.20. The van der Waals surface area contributed by atoms with Crippen molar-refractivity contribution in [2.24, 2.45) is 0 Å². The zero-order valence-electron chi connectivity index (χ0n) is 14.4. The minimum Gasteiger partial charge on any atom is -0.494 e. The van der Waals surface area contributed by atoms with Gasteiger partial charge in [-0.15, -0.1) is 0 Å². The molecule has 0 saturated carbocycles. The second-order valence-electron chi connectivity index (χ2n) is 5.40. The fourth-order valence-corrected chi connectivity index (χ4v) is 2.34. The summed E-state index contributed by atoms with van der Waals surface area (Å²) in [6.45, 7) is 2.51. The van der Waals surface area contributed by atoms with E-state index in [2.05, 4.69) is 4.98 Å². The lowest BCUT2D eigenvalue weighted by molar-refractivity contribution is -0.133. The minimum absolute atomic E-state index is 0.0920. The highest BCUT2D eigenvalue weighted by molar-refractivity contribution is 6.41. The standard InChI is InChI=1S/C18H18Cl2N2O4/c1-3-25-14-6-4-12(5-7-14)10-22(2)16(23)11-26-18(24)13-8-15(19)17(20)21-9-13/h4-9H,3,10-11H2,1-2H3. The van der Waals surface area contributed by atoms with E-state index in [1.54, 1.807) is 7.05 Å². The van der Waals surface area contributed by atoms with Crippen molar-refractivity contribution in [3.63, 3.8) is 0 Å². The molecule has 0 saturated heterocycles. The van der Waals surface area contributed by atoms with E-state index in [1.165, 1.54) is 17.2 Å². The van der Waals surface area contributed by atoms with E-state index in [0.717, 1.165) is 11.3 Å². The van der Waals surface area contributed by atoms with Crippen LogP contribution in [0.5, 0.6) is 5.75 Å². The van der Waals surface area contributed by atoms with E-state index in [-0.39, 0.29) is 28.3 Å². The number of halogens is 2. The summed E-state index contributed by atoms with van der Waals surface area (Å²) in [7, 11) is 1.63. The summed E-state index contributed by atoms with van der Waals surface area (Å²) in [6.07, 6.45) is 1.24. The second kappa shape index (κ2) is 9.40. The van der Waals surface area contributed by atoms with Crippen LogP contribution in [0.4, 0.5) is 0 Å². The minimum atomic E-state index is -0.695. The largest absolute Gasteiger partial charge is 0.494 e. The van der Waals surface area contributed by atoms with Gasteiger partial charge in [-0.2, -0.15) is 0 Å². The Labute approximate surface area is 161 Å². The van der Waals surface area contributed by atoms with Gasteiger partial charge in [0, 0.05) is 19.8 Å². The van der Waals surface area contributed by atoms with E-state index >= 15 is 0 Å². The first-order valence-corrected chi connectivity index (χ1v) is 8.60. The van der Waals surface area contributed by atoms with Crippen LogP contribution < -0.4 is 4.74 Å². The van der Waals surface area contributed by atoms with Crippen molar-refractivity contribution in [1.29, 1.82) is 0 Å². The third-order valence-electron chi connectivity index (χ3n) is 3.44. The Hall–Kier alpha value is -2.31. The first-order chi connectivity index (χ1) is 12.4. The highest BCUT2D eigenvalue weighted by atomic mass is 35.5. The van der Waals surface area contributed by atoms with Gasteiger partial charge in [0.1, 0.15) is 10.9 Å². The van der Waals surface area contributed by atoms with Crippen molar-refractivity contribution in [1.82, 2.24) is 9.88 Å². The Balaban J connectivity index is 1.86. The van der Waals surface area contributed by atoms with Gasteiger partial charge in [0.15, 0.2) is 6.61 Å². The van der Waals surface area contributed by atoms with Gasteiger partial charge in [-0.1, -0.05) is 35.3 Å². The lowest BCUT2D eigenvalue weighted by atomic mass is 10.2. The fourth-order valence-electron chi connectivity index (χ4n) is 2.07. The molecule has 0 bridgehead atoms. The number of benzene rings is 1. The van der Waals surface area contributed by atoms with Gasteiger partial charge in [0.2, 0.25) is 0 Å². The molecule has 0 aliphatic rings. The number of carbonyl (C=O) groups is 2. The van der Waals surface area contributed by atoms with Crippen LogP contribution in [0.2, 0.25) is 10.2 Å². The normalized spacial score (nSPS) is 10.3. The van der Waals surface area contributed by atoms with E-state index in [9.17, 15) is 9.59 Å². The van der Waals surface area contributed by atoms with Crippen molar-refractivity contribution in [3.8, 4) is 5.75 Å². The summed E-state index contributed by atoms with van der Waals surface area (Å²) in [5.41, 5.74) is 1.06. The molecule has 1 aromatic heterocycles. The zero-order valence-corrected chi connectivity index (χ0v) is 15.9. The van der Waals surface area contributed by atoms with E-state index in [0.29, 0.717) is 13.2 Å². The highest BCUT2D eigenvalue weighted by Gasteiger charge is 2.15. The molecule has 2 rings (SSSR count). The van der Waals surface area contributed by atoms with Crippen LogP contribution in [0.3, 0.4) is 0 Å². The molecule has 138 valence electrons. The molecule has 1 aromatic carbocycles. The van der Waals surface area contributed by atoms with Gasteiger partial charge in [-0.25, -0.2) is 9.78 Å². The van der Waals surface area contributed by atoms with Crippen molar-refractivity contribution in [2.45, 2.75) is 13.5 Å². The number of ether oxygens (including phenoxy) is 2. The molecule has 0 spiro atoms. The molecule has 0 aliphatic carbocycles. The molecule has 0 radical (unpaired) electrons. The van der Waals surface area contributed by atoms with Crippen LogP contribution in [0, 0.1) is 0 Å². The lowest BCUT2D eigenvalue weighted by Gasteiger charge is -2.17. The molecule has 26 heavy (non-hydrogen) atoms. The zero-order chi connectivity index (χ0) is 19.1. The Morgan fingerprint density at radius 1 is 1.19 bits per heavy atom. The molecular weight excluding hydrogens is 379 g/mol. The number of hydrogen-bond donors (Lipinski definition) is 0. The number of aromatic nitrogens is 1. The number of amides is 1. The number of pyridine rings is 1. The van der Waals surface area contributed by atoms with E-state index in [1.807, 2.05) is 31.2 Å². The molecule has 0 atom stereocenters. The topological polar surface area (TPSA) is 68.7 Å². The molecule has 1 amide bonds. The Morgan fingerprint density at radius 3 is 2.50 bits per heavy atom. The van der Waals surface area contributed by atoms with Gasteiger partial charge in [-0.05, 0) is 30.7 Å². The van der Waals surface area contributed by atoms with E-state index in [4.69, 9.17) is 32.7 Å². The lowest BCUT2D eigenvalue weighted by Crippen LogP contribution is -2.30. The third kappa shape index (κ3) is 5.61. The van der Waals surface area contributed by atoms with Crippen LogP contribution in [0.1, 0.15) is 22.8 Å². The van der Waals surface area contributed by atoms with Gasteiger partial charge in [0.05, 0.1) is 17.2 Å². The number of nitrogens with zero attached hydrogens (tertiary/aromatic N) is 2. The summed E-state index contributed by atoms with van der Waals surface area (Å²) >= 11 is 11.5. The summed E-state index contributed by atoms with van der Waals surface area (Å²) in [5.74, 6) is -0.256. The van der Waals surface area contributed by atoms with Crippen LogP contribution >= 0.6 is 23.2 Å². The monoisotopic (exact) mass is 396 g/mol. The molecule has 0 N–H and O–H groups in total. The SMILES string of the molecule is CCOc1ccc(CN(C)C(=O)COC(=O)c2cnc(Cl)c(Cl)c2)cc1. The molecule has 6 nitrogen and oxygen atoms in total. The average Bonchev–Trinajstić information content (AvgIpc) is 2.63. The predicted molar refractivity (Wildman–Crippen MR) is 98.6 cm³/mol. The maximum atomic E-state index is 12.1. The number of rotatable bonds is 7. The second-order valence-corrected chi connectivity index (χ2v) is 6.16. The van der Waals surface area contributed by atoms with Gasteiger partial charge < -0.3 is 14.4 Å². The first kappa shape index (κ1) is 20.0. The van der Waals surface area contributed by atoms with Gasteiger partial charge in [-0.3, -0.25) is 4.79 Å².